The van der Waals surface area contributed by atoms with Crippen LogP contribution in [0, 0.1) is 6.92 Å². The first-order valence-corrected chi connectivity index (χ1v) is 10.6. The van der Waals surface area contributed by atoms with E-state index in [4.69, 9.17) is 4.74 Å². The average Bonchev–Trinajstić information content (AvgIpc) is 3.22. The predicted octanol–water partition coefficient (Wildman–Crippen LogP) is 3.61. The van der Waals surface area contributed by atoms with Crippen LogP contribution in [0.1, 0.15) is 50.8 Å². The number of hydrogen-bond donors (Lipinski definition) is 2. The SMILES string of the molecule is Cc1cnccc1-c1ccc(C(CO)NC(=O)C2CCCN2C(=O)OC(C)(C)C)cc1. The molecule has 1 fully saturated rings. The molecule has 3 rings (SSSR count). The van der Waals surface area contributed by atoms with E-state index in [-0.39, 0.29) is 12.5 Å². The summed E-state index contributed by atoms with van der Waals surface area (Å²) in [6, 6.07) is 8.54. The van der Waals surface area contributed by atoms with Crippen molar-refractivity contribution in [2.45, 2.75) is 58.2 Å². The van der Waals surface area contributed by atoms with Gasteiger partial charge in [-0.25, -0.2) is 4.79 Å². The first kappa shape index (κ1) is 22.7. The summed E-state index contributed by atoms with van der Waals surface area (Å²) in [7, 11) is 0. The lowest BCUT2D eigenvalue weighted by atomic mass is 9.99. The number of rotatable bonds is 5. The van der Waals surface area contributed by atoms with Gasteiger partial charge in [-0.05, 0) is 68.9 Å². The zero-order valence-electron chi connectivity index (χ0n) is 18.6. The fourth-order valence-corrected chi connectivity index (χ4v) is 3.77. The van der Waals surface area contributed by atoms with Gasteiger partial charge in [-0.3, -0.25) is 14.7 Å². The number of ether oxygens (including phenoxy) is 1. The minimum absolute atomic E-state index is 0.238. The van der Waals surface area contributed by atoms with Crippen LogP contribution < -0.4 is 5.32 Å². The molecule has 0 bridgehead atoms. The lowest BCUT2D eigenvalue weighted by Crippen LogP contribution is -2.48. The Labute approximate surface area is 183 Å². The Morgan fingerprint density at radius 2 is 1.97 bits per heavy atom. The van der Waals surface area contributed by atoms with Gasteiger partial charge in [0.15, 0.2) is 0 Å². The smallest absolute Gasteiger partial charge is 0.410 e. The monoisotopic (exact) mass is 425 g/mol. The maximum Gasteiger partial charge on any atom is 0.410 e. The number of aryl methyl sites for hydroxylation is 1. The van der Waals surface area contributed by atoms with Gasteiger partial charge < -0.3 is 15.2 Å². The first-order chi connectivity index (χ1) is 14.7. The number of pyridine rings is 1. The Balaban J connectivity index is 1.69. The summed E-state index contributed by atoms with van der Waals surface area (Å²) < 4.78 is 5.44. The summed E-state index contributed by atoms with van der Waals surface area (Å²) in [5, 5.41) is 12.8. The van der Waals surface area contributed by atoms with E-state index in [1.807, 2.05) is 43.5 Å². The molecule has 166 valence electrons. The van der Waals surface area contributed by atoms with Crippen LogP contribution in [0.3, 0.4) is 0 Å². The molecule has 2 amide bonds. The third kappa shape index (κ3) is 5.61. The van der Waals surface area contributed by atoms with E-state index in [1.54, 1.807) is 27.0 Å². The van der Waals surface area contributed by atoms with Crippen molar-refractivity contribution in [2.24, 2.45) is 0 Å². The van der Waals surface area contributed by atoms with Gasteiger partial charge in [0.1, 0.15) is 11.6 Å². The molecule has 2 atom stereocenters. The molecular formula is C24H31N3O4. The number of hydrogen-bond acceptors (Lipinski definition) is 5. The molecule has 2 heterocycles. The van der Waals surface area contributed by atoms with Crippen LogP contribution >= 0.6 is 0 Å². The van der Waals surface area contributed by atoms with Crippen molar-refractivity contribution in [3.63, 3.8) is 0 Å². The molecule has 1 saturated heterocycles. The van der Waals surface area contributed by atoms with Crippen molar-refractivity contribution in [1.82, 2.24) is 15.2 Å². The normalized spacial score (nSPS) is 17.3. The molecule has 7 nitrogen and oxygen atoms in total. The zero-order chi connectivity index (χ0) is 22.6. The van der Waals surface area contributed by atoms with Crippen LogP contribution in [0.4, 0.5) is 4.79 Å². The maximum absolute atomic E-state index is 12.9. The summed E-state index contributed by atoms with van der Waals surface area (Å²) in [5.41, 5.74) is 3.38. The molecule has 1 aromatic carbocycles. The van der Waals surface area contributed by atoms with Crippen LogP contribution in [-0.2, 0) is 9.53 Å². The summed E-state index contributed by atoms with van der Waals surface area (Å²) in [6.07, 6.45) is 4.40. The number of carbonyl (C=O) groups is 2. The Bertz CT molecular complexity index is 921. The van der Waals surface area contributed by atoms with Gasteiger partial charge in [0.25, 0.3) is 0 Å². The van der Waals surface area contributed by atoms with Crippen molar-refractivity contribution in [3.8, 4) is 11.1 Å². The van der Waals surface area contributed by atoms with Gasteiger partial charge >= 0.3 is 6.09 Å². The predicted molar refractivity (Wildman–Crippen MR) is 118 cm³/mol. The van der Waals surface area contributed by atoms with Crippen LogP contribution in [0.25, 0.3) is 11.1 Å². The molecule has 1 aliphatic heterocycles. The molecule has 0 spiro atoms. The van der Waals surface area contributed by atoms with Crippen molar-refractivity contribution in [3.05, 3.63) is 53.9 Å². The molecule has 7 heteroatoms. The van der Waals surface area contributed by atoms with Crippen LogP contribution in [-0.4, -0.2) is 51.8 Å². The Morgan fingerprint density at radius 1 is 1.26 bits per heavy atom. The topological polar surface area (TPSA) is 91.8 Å². The number of aliphatic hydroxyl groups excluding tert-OH is 1. The molecule has 0 radical (unpaired) electrons. The molecule has 0 aliphatic carbocycles. The number of aliphatic hydroxyl groups is 1. The van der Waals surface area contributed by atoms with Crippen molar-refractivity contribution in [2.75, 3.05) is 13.2 Å². The lowest BCUT2D eigenvalue weighted by molar-refractivity contribution is -0.126. The molecular weight excluding hydrogens is 394 g/mol. The molecule has 2 N–H and O–H groups in total. The van der Waals surface area contributed by atoms with Gasteiger partial charge in [-0.2, -0.15) is 0 Å². The van der Waals surface area contributed by atoms with E-state index >= 15 is 0 Å². The molecule has 0 saturated carbocycles. The molecule has 2 aromatic rings. The average molecular weight is 426 g/mol. The van der Waals surface area contributed by atoms with Gasteiger partial charge in [-0.15, -0.1) is 0 Å². The summed E-state index contributed by atoms with van der Waals surface area (Å²) in [5.74, 6) is -0.281. The maximum atomic E-state index is 12.9. The standard InChI is InChI=1S/C24H31N3O4/c1-16-14-25-12-11-19(16)17-7-9-18(10-8-17)20(15-28)26-22(29)21-6-5-13-27(21)23(30)31-24(2,3)4/h7-12,14,20-21,28H,5-6,13,15H2,1-4H3,(H,26,29). The summed E-state index contributed by atoms with van der Waals surface area (Å²) >= 11 is 0. The third-order valence-electron chi connectivity index (χ3n) is 5.33. The Hall–Kier alpha value is -2.93. The van der Waals surface area contributed by atoms with E-state index in [0.717, 1.165) is 28.7 Å². The summed E-state index contributed by atoms with van der Waals surface area (Å²) in [4.78, 5) is 31.0. The van der Waals surface area contributed by atoms with Crippen LogP contribution in [0.15, 0.2) is 42.7 Å². The summed E-state index contributed by atoms with van der Waals surface area (Å²) in [6.45, 7) is 7.65. The van der Waals surface area contributed by atoms with E-state index < -0.39 is 23.8 Å². The minimum Gasteiger partial charge on any atom is -0.444 e. The fourth-order valence-electron chi connectivity index (χ4n) is 3.77. The second kappa shape index (κ2) is 9.47. The quantitative estimate of drug-likeness (QED) is 0.764. The van der Waals surface area contributed by atoms with Crippen molar-refractivity contribution in [1.29, 1.82) is 0 Å². The van der Waals surface area contributed by atoms with Crippen molar-refractivity contribution < 1.29 is 19.4 Å². The van der Waals surface area contributed by atoms with Crippen LogP contribution in [0.5, 0.6) is 0 Å². The first-order valence-electron chi connectivity index (χ1n) is 10.6. The van der Waals surface area contributed by atoms with E-state index in [2.05, 4.69) is 10.3 Å². The fraction of sp³-hybridized carbons (Fsp3) is 0.458. The van der Waals surface area contributed by atoms with Gasteiger partial charge in [0.2, 0.25) is 5.91 Å². The van der Waals surface area contributed by atoms with Gasteiger partial charge in [0.05, 0.1) is 12.6 Å². The number of benzene rings is 1. The molecule has 31 heavy (non-hydrogen) atoms. The number of nitrogens with one attached hydrogen (secondary N) is 1. The Kier molecular flexibility index (Phi) is 6.95. The highest BCUT2D eigenvalue weighted by atomic mass is 16.6. The van der Waals surface area contributed by atoms with Gasteiger partial charge in [0, 0.05) is 18.9 Å². The van der Waals surface area contributed by atoms with E-state index in [0.29, 0.717) is 13.0 Å². The number of nitrogens with zero attached hydrogens (tertiary/aromatic N) is 2. The van der Waals surface area contributed by atoms with Crippen LogP contribution in [0.2, 0.25) is 0 Å². The molecule has 1 aliphatic rings. The largest absolute Gasteiger partial charge is 0.444 e. The third-order valence-corrected chi connectivity index (χ3v) is 5.33. The number of carbonyl (C=O) groups excluding carboxylic acids is 2. The number of aromatic nitrogens is 1. The number of likely N-dealkylation sites (tertiary alicyclic amines) is 1. The second-order valence-electron chi connectivity index (χ2n) is 8.89. The molecule has 2 unspecified atom stereocenters. The second-order valence-corrected chi connectivity index (χ2v) is 8.89. The number of amides is 2. The molecule has 1 aromatic heterocycles. The van der Waals surface area contributed by atoms with Crippen molar-refractivity contribution >= 4 is 12.0 Å². The highest BCUT2D eigenvalue weighted by molar-refractivity contribution is 5.86. The zero-order valence-corrected chi connectivity index (χ0v) is 18.6. The Morgan fingerprint density at radius 3 is 2.58 bits per heavy atom. The highest BCUT2D eigenvalue weighted by Gasteiger charge is 2.37. The van der Waals surface area contributed by atoms with Gasteiger partial charge in [-0.1, -0.05) is 24.3 Å². The highest BCUT2D eigenvalue weighted by Crippen LogP contribution is 2.25. The van der Waals surface area contributed by atoms with E-state index in [9.17, 15) is 14.7 Å². The minimum atomic E-state index is -0.622. The van der Waals surface area contributed by atoms with E-state index in [1.165, 1.54) is 4.90 Å². The lowest BCUT2D eigenvalue weighted by Gasteiger charge is -2.29.